The summed E-state index contributed by atoms with van der Waals surface area (Å²) in [5.74, 6) is 2.37. The number of aromatic nitrogens is 1. The molecule has 0 amide bonds. The Morgan fingerprint density at radius 2 is 1.55 bits per heavy atom. The van der Waals surface area contributed by atoms with Crippen LogP contribution < -0.4 is 15.0 Å². The number of aryl methyl sites for hydroxylation is 1. The van der Waals surface area contributed by atoms with Crippen LogP contribution in [0.4, 0.5) is 5.69 Å². The number of nitrogens with zero attached hydrogens (tertiary/aromatic N) is 2. The summed E-state index contributed by atoms with van der Waals surface area (Å²) in [5.41, 5.74) is 3.03. The first kappa shape index (κ1) is 24.3. The van der Waals surface area contributed by atoms with Crippen LogP contribution in [-0.2, 0) is 0 Å². The second-order valence-corrected chi connectivity index (χ2v) is 10.4. The van der Waals surface area contributed by atoms with E-state index in [2.05, 4.69) is 34.3 Å². The van der Waals surface area contributed by atoms with E-state index in [0.717, 1.165) is 38.6 Å². The van der Waals surface area contributed by atoms with Crippen molar-refractivity contribution in [1.82, 2.24) is 10.3 Å². The molecule has 188 valence electrons. The zero-order valence-electron chi connectivity index (χ0n) is 20.7. The highest BCUT2D eigenvalue weighted by Gasteiger charge is 2.42. The first-order valence-corrected chi connectivity index (χ1v) is 13.5. The maximum atomic E-state index is 6.40. The van der Waals surface area contributed by atoms with Crippen molar-refractivity contribution >= 4 is 34.8 Å². The van der Waals surface area contributed by atoms with Gasteiger partial charge in [0.05, 0.1) is 11.7 Å². The van der Waals surface area contributed by atoms with Gasteiger partial charge < -0.3 is 19.4 Å². The molecule has 2 unspecified atom stereocenters. The van der Waals surface area contributed by atoms with Gasteiger partial charge in [0, 0.05) is 16.8 Å². The van der Waals surface area contributed by atoms with E-state index in [9.17, 15) is 0 Å². The minimum atomic E-state index is -0.216. The predicted molar refractivity (Wildman–Crippen MR) is 155 cm³/mol. The summed E-state index contributed by atoms with van der Waals surface area (Å²) >= 11 is 7.44. The van der Waals surface area contributed by atoms with Crippen molar-refractivity contribution in [2.45, 2.75) is 29.0 Å². The van der Waals surface area contributed by atoms with Gasteiger partial charge in [-0.15, -0.1) is 0 Å². The Morgan fingerprint density at radius 3 is 2.26 bits per heavy atom. The molecule has 1 aliphatic rings. The van der Waals surface area contributed by atoms with E-state index < -0.39 is 0 Å². The molecule has 38 heavy (non-hydrogen) atoms. The summed E-state index contributed by atoms with van der Waals surface area (Å²) in [4.78, 5) is 7.84. The van der Waals surface area contributed by atoms with Crippen LogP contribution in [0, 0.1) is 6.92 Å². The third-order valence-electron chi connectivity index (χ3n) is 6.32. The lowest BCUT2D eigenvalue weighted by Crippen LogP contribution is -2.29. The molecule has 6 rings (SSSR count). The number of pyridine rings is 1. The molecule has 3 aromatic carbocycles. The third kappa shape index (κ3) is 5.16. The molecule has 5 nitrogen and oxygen atoms in total. The molecule has 2 aromatic heterocycles. The largest absolute Gasteiger partial charge is 0.457 e. The van der Waals surface area contributed by atoms with Gasteiger partial charge in [0.25, 0.3) is 0 Å². The van der Waals surface area contributed by atoms with Crippen LogP contribution in [0.3, 0.4) is 0 Å². The average molecular weight is 536 g/mol. The number of ether oxygens (including phenoxy) is 1. The zero-order chi connectivity index (χ0) is 25.9. The summed E-state index contributed by atoms with van der Waals surface area (Å²) in [6.07, 6.45) is 1.80. The number of hydrogen-bond donors (Lipinski definition) is 1. The number of anilines is 1. The zero-order valence-corrected chi connectivity index (χ0v) is 22.3. The van der Waals surface area contributed by atoms with E-state index in [1.165, 1.54) is 5.56 Å². The van der Waals surface area contributed by atoms with Gasteiger partial charge >= 0.3 is 0 Å². The molecular formula is C31H25N3O2S2. The molecule has 2 atom stereocenters. The smallest absolute Gasteiger partial charge is 0.174 e. The van der Waals surface area contributed by atoms with Crippen molar-refractivity contribution in [2.24, 2.45) is 0 Å². The molecule has 7 heteroatoms. The second-order valence-electron chi connectivity index (χ2n) is 8.98. The fraction of sp³-hybridized carbons (Fsp3) is 0.0968. The molecule has 1 fully saturated rings. The van der Waals surface area contributed by atoms with Gasteiger partial charge in [-0.3, -0.25) is 4.98 Å². The van der Waals surface area contributed by atoms with Crippen molar-refractivity contribution in [1.29, 1.82) is 0 Å². The van der Waals surface area contributed by atoms with Gasteiger partial charge in [0.1, 0.15) is 23.3 Å². The Balaban J connectivity index is 1.31. The third-order valence-corrected chi connectivity index (χ3v) is 7.57. The Hall–Kier alpha value is -4.07. The highest BCUT2D eigenvalue weighted by Crippen LogP contribution is 2.43. The molecule has 0 saturated carbocycles. The van der Waals surface area contributed by atoms with Crippen molar-refractivity contribution in [3.05, 3.63) is 132 Å². The molecule has 5 aromatic rings. The van der Waals surface area contributed by atoms with Gasteiger partial charge in [-0.1, -0.05) is 53.7 Å². The maximum Gasteiger partial charge on any atom is 0.174 e. The molecule has 3 heterocycles. The number of hydrogen-bond acceptors (Lipinski definition) is 5. The monoisotopic (exact) mass is 535 g/mol. The maximum absolute atomic E-state index is 6.40. The van der Waals surface area contributed by atoms with E-state index in [4.69, 9.17) is 21.4 Å². The van der Waals surface area contributed by atoms with Gasteiger partial charge in [-0.05, 0) is 91.9 Å². The van der Waals surface area contributed by atoms with E-state index >= 15 is 0 Å². The number of nitrogens with one attached hydrogen (secondary N) is 1. The Labute approximate surface area is 231 Å². The fourth-order valence-corrected chi connectivity index (χ4v) is 5.64. The highest BCUT2D eigenvalue weighted by atomic mass is 32.2. The van der Waals surface area contributed by atoms with Crippen molar-refractivity contribution < 1.29 is 9.15 Å². The van der Waals surface area contributed by atoms with E-state index in [1.807, 2.05) is 97.1 Å². The predicted octanol–water partition coefficient (Wildman–Crippen LogP) is 8.10. The Morgan fingerprint density at radius 1 is 0.842 bits per heavy atom. The number of benzene rings is 3. The lowest BCUT2D eigenvalue weighted by molar-refractivity contribution is 0.383. The summed E-state index contributed by atoms with van der Waals surface area (Å²) in [5, 5.41) is 4.92. The van der Waals surface area contributed by atoms with Gasteiger partial charge in [-0.25, -0.2) is 0 Å². The molecule has 1 aliphatic heterocycles. The lowest BCUT2D eigenvalue weighted by Gasteiger charge is -2.26. The summed E-state index contributed by atoms with van der Waals surface area (Å²) in [6, 6.07) is 35.7. The molecular weight excluding hydrogens is 510 g/mol. The minimum absolute atomic E-state index is 0.173. The van der Waals surface area contributed by atoms with Gasteiger partial charge in [0.15, 0.2) is 10.2 Å². The standard InChI is InChI=1S/C31H25N3O2S2/c1-21-10-14-23(15-11-21)35-24-16-12-22(13-17-24)34-30(29(33-31(34)37)26-9-5-6-20-32-26)27-18-19-28(36-27)38-25-7-3-2-4-8-25/h2-20,29-30H,1H3,(H,33,37). The average Bonchev–Trinajstić information content (AvgIpc) is 3.55. The van der Waals surface area contributed by atoms with Gasteiger partial charge in [0.2, 0.25) is 0 Å². The topological polar surface area (TPSA) is 50.5 Å². The number of rotatable bonds is 7. The van der Waals surface area contributed by atoms with Crippen LogP contribution in [-0.4, -0.2) is 10.1 Å². The van der Waals surface area contributed by atoms with Crippen molar-refractivity contribution in [2.75, 3.05) is 4.90 Å². The van der Waals surface area contributed by atoms with Crippen LogP contribution in [0.15, 0.2) is 130 Å². The summed E-state index contributed by atoms with van der Waals surface area (Å²) in [7, 11) is 0. The van der Waals surface area contributed by atoms with Gasteiger partial charge in [-0.2, -0.15) is 0 Å². The van der Waals surface area contributed by atoms with Crippen LogP contribution in [0.2, 0.25) is 0 Å². The van der Waals surface area contributed by atoms with Crippen molar-refractivity contribution in [3.8, 4) is 11.5 Å². The first-order chi connectivity index (χ1) is 18.6. The quantitative estimate of drug-likeness (QED) is 0.211. The molecule has 0 aliphatic carbocycles. The van der Waals surface area contributed by atoms with Crippen LogP contribution in [0.5, 0.6) is 11.5 Å². The fourth-order valence-electron chi connectivity index (χ4n) is 4.49. The first-order valence-electron chi connectivity index (χ1n) is 12.3. The molecule has 0 bridgehead atoms. The Kier molecular flexibility index (Phi) is 6.86. The Bertz CT molecular complexity index is 1520. The van der Waals surface area contributed by atoms with E-state index in [-0.39, 0.29) is 12.1 Å². The van der Waals surface area contributed by atoms with Crippen molar-refractivity contribution in [3.63, 3.8) is 0 Å². The van der Waals surface area contributed by atoms with Crippen LogP contribution >= 0.6 is 24.0 Å². The van der Waals surface area contributed by atoms with E-state index in [0.29, 0.717) is 5.11 Å². The normalized spacial score (nSPS) is 16.9. The number of furan rings is 1. The lowest BCUT2D eigenvalue weighted by atomic mass is 10.0. The van der Waals surface area contributed by atoms with Crippen LogP contribution in [0.1, 0.15) is 29.1 Å². The molecule has 0 radical (unpaired) electrons. The SMILES string of the molecule is Cc1ccc(Oc2ccc(N3C(=S)NC(c4ccccn4)C3c3ccc(Sc4ccccc4)o3)cc2)cc1. The number of thiocarbonyl (C=S) groups is 1. The molecule has 0 spiro atoms. The molecule has 1 N–H and O–H groups in total. The second kappa shape index (κ2) is 10.7. The summed E-state index contributed by atoms with van der Waals surface area (Å²) < 4.78 is 12.4. The minimum Gasteiger partial charge on any atom is -0.457 e. The van der Waals surface area contributed by atoms with E-state index in [1.54, 1.807) is 18.0 Å². The van der Waals surface area contributed by atoms with Crippen LogP contribution in [0.25, 0.3) is 0 Å². The summed E-state index contributed by atoms with van der Waals surface area (Å²) in [6.45, 7) is 2.06. The highest BCUT2D eigenvalue weighted by molar-refractivity contribution is 7.99. The molecule has 1 saturated heterocycles.